The van der Waals surface area contributed by atoms with Gasteiger partial charge >= 0.3 is 0 Å². The lowest BCUT2D eigenvalue weighted by molar-refractivity contribution is 0.0958. The summed E-state index contributed by atoms with van der Waals surface area (Å²) in [4.78, 5) is 12.5. The minimum Gasteiger partial charge on any atom is -0.341 e. The van der Waals surface area contributed by atoms with Crippen LogP contribution in [0.3, 0.4) is 0 Å². The Morgan fingerprint density at radius 1 is 1.50 bits per heavy atom. The van der Waals surface area contributed by atoms with E-state index in [9.17, 15) is 4.79 Å². The van der Waals surface area contributed by atoms with Gasteiger partial charge in [-0.2, -0.15) is 0 Å². The van der Waals surface area contributed by atoms with Gasteiger partial charge in [0.15, 0.2) is 0 Å². The summed E-state index contributed by atoms with van der Waals surface area (Å²) in [6.07, 6.45) is 7.03. The molecule has 3 heteroatoms. The summed E-state index contributed by atoms with van der Waals surface area (Å²) in [7, 11) is 0. The lowest BCUT2D eigenvalue weighted by Crippen LogP contribution is -2.23. The molecule has 0 spiro atoms. The van der Waals surface area contributed by atoms with Crippen molar-refractivity contribution in [2.45, 2.75) is 4.90 Å². The second-order valence-electron chi connectivity index (χ2n) is 2.62. The molecule has 0 heterocycles. The van der Waals surface area contributed by atoms with Crippen LogP contribution in [-0.4, -0.2) is 18.7 Å². The highest BCUT2D eigenvalue weighted by atomic mass is 32.2. The first-order valence-electron chi connectivity index (χ1n) is 4.13. The molecule has 0 atom stereocenters. The van der Waals surface area contributed by atoms with Gasteiger partial charge in [0, 0.05) is 10.5 Å². The normalized spacial score (nSPS) is 9.14. The minimum atomic E-state index is -0.129. The Kier molecular flexibility index (Phi) is 4.09. The molecule has 0 aromatic heterocycles. The standard InChI is InChI=1S/C11H11NOS/c1-3-8-12-11(13)9-4-6-10(14-2)7-5-9/h1,4-7H,8H2,2H3,(H,12,13). The van der Waals surface area contributed by atoms with E-state index in [0.29, 0.717) is 5.56 Å². The average molecular weight is 205 g/mol. The first-order chi connectivity index (χ1) is 6.77. The Bertz CT molecular complexity index is 351. The zero-order valence-corrected chi connectivity index (χ0v) is 8.73. The molecule has 2 nitrogen and oxygen atoms in total. The van der Waals surface area contributed by atoms with Crippen molar-refractivity contribution in [2.75, 3.05) is 12.8 Å². The third-order valence-corrected chi connectivity index (χ3v) is 2.45. The minimum absolute atomic E-state index is 0.129. The first-order valence-corrected chi connectivity index (χ1v) is 5.36. The second kappa shape index (κ2) is 5.36. The van der Waals surface area contributed by atoms with Crippen LogP contribution >= 0.6 is 11.8 Å². The zero-order chi connectivity index (χ0) is 10.4. The zero-order valence-electron chi connectivity index (χ0n) is 7.91. The molecule has 0 aliphatic rings. The van der Waals surface area contributed by atoms with Crippen LogP contribution in [0.4, 0.5) is 0 Å². The summed E-state index contributed by atoms with van der Waals surface area (Å²) in [5.74, 6) is 2.23. The molecule has 0 saturated carbocycles. The van der Waals surface area contributed by atoms with Crippen molar-refractivity contribution in [3.63, 3.8) is 0 Å². The number of nitrogens with one attached hydrogen (secondary N) is 1. The molecule has 0 fully saturated rings. The molecule has 0 saturated heterocycles. The topological polar surface area (TPSA) is 29.1 Å². The van der Waals surface area contributed by atoms with Gasteiger partial charge in [0.25, 0.3) is 5.91 Å². The lowest BCUT2D eigenvalue weighted by atomic mass is 10.2. The summed E-state index contributed by atoms with van der Waals surface area (Å²) in [5.41, 5.74) is 0.637. The molecule has 72 valence electrons. The van der Waals surface area contributed by atoms with Gasteiger partial charge in [-0.05, 0) is 30.5 Å². The summed E-state index contributed by atoms with van der Waals surface area (Å²) < 4.78 is 0. The number of amides is 1. The van der Waals surface area contributed by atoms with Gasteiger partial charge in [0.05, 0.1) is 6.54 Å². The number of thioether (sulfide) groups is 1. The number of rotatable bonds is 3. The van der Waals surface area contributed by atoms with Crippen LogP contribution in [0.1, 0.15) is 10.4 Å². The third-order valence-electron chi connectivity index (χ3n) is 1.70. The predicted octanol–water partition coefficient (Wildman–Crippen LogP) is 1.77. The molecule has 1 amide bonds. The molecule has 0 aliphatic heterocycles. The molecule has 0 aliphatic carbocycles. The fourth-order valence-corrected chi connectivity index (χ4v) is 1.38. The number of hydrogen-bond acceptors (Lipinski definition) is 2. The van der Waals surface area contributed by atoms with Crippen molar-refractivity contribution in [2.24, 2.45) is 0 Å². The molecule has 1 aromatic carbocycles. The van der Waals surface area contributed by atoms with E-state index in [1.54, 1.807) is 23.9 Å². The molecule has 1 N–H and O–H groups in total. The highest BCUT2D eigenvalue weighted by Gasteiger charge is 2.02. The molecule has 0 bridgehead atoms. The van der Waals surface area contributed by atoms with Gasteiger partial charge in [-0.1, -0.05) is 5.92 Å². The van der Waals surface area contributed by atoms with Crippen LogP contribution in [0.25, 0.3) is 0 Å². The van der Waals surface area contributed by atoms with E-state index >= 15 is 0 Å². The van der Waals surface area contributed by atoms with Crippen LogP contribution in [0.15, 0.2) is 29.2 Å². The summed E-state index contributed by atoms with van der Waals surface area (Å²) in [5, 5.41) is 2.60. The van der Waals surface area contributed by atoms with Crippen LogP contribution in [-0.2, 0) is 0 Å². The van der Waals surface area contributed by atoms with Crippen molar-refractivity contribution in [1.82, 2.24) is 5.32 Å². The number of benzene rings is 1. The third kappa shape index (κ3) is 2.82. The van der Waals surface area contributed by atoms with Gasteiger partial charge in [-0.15, -0.1) is 18.2 Å². The molecular formula is C11H11NOS. The quantitative estimate of drug-likeness (QED) is 0.602. The lowest BCUT2D eigenvalue weighted by Gasteiger charge is -2.01. The Labute approximate surface area is 88.1 Å². The summed E-state index contributed by atoms with van der Waals surface area (Å²) in [6.45, 7) is 0.267. The monoisotopic (exact) mass is 205 g/mol. The van der Waals surface area contributed by atoms with E-state index in [4.69, 9.17) is 6.42 Å². The molecule has 1 aromatic rings. The second-order valence-corrected chi connectivity index (χ2v) is 3.49. The number of carbonyl (C=O) groups excluding carboxylic acids is 1. The molecule has 14 heavy (non-hydrogen) atoms. The van der Waals surface area contributed by atoms with Crippen molar-refractivity contribution >= 4 is 17.7 Å². The van der Waals surface area contributed by atoms with Crippen LogP contribution in [0, 0.1) is 12.3 Å². The van der Waals surface area contributed by atoms with Gasteiger partial charge < -0.3 is 5.32 Å². The van der Waals surface area contributed by atoms with Crippen molar-refractivity contribution in [1.29, 1.82) is 0 Å². The molecule has 0 unspecified atom stereocenters. The van der Waals surface area contributed by atoms with Crippen LogP contribution in [0.2, 0.25) is 0 Å². The maximum Gasteiger partial charge on any atom is 0.252 e. The Balaban J connectivity index is 2.67. The number of carbonyl (C=O) groups is 1. The van der Waals surface area contributed by atoms with E-state index in [2.05, 4.69) is 11.2 Å². The van der Waals surface area contributed by atoms with Gasteiger partial charge in [-0.25, -0.2) is 0 Å². The van der Waals surface area contributed by atoms with Gasteiger partial charge in [0.1, 0.15) is 0 Å². The highest BCUT2D eigenvalue weighted by Crippen LogP contribution is 2.14. The Hall–Kier alpha value is -1.40. The van der Waals surface area contributed by atoms with E-state index < -0.39 is 0 Å². The van der Waals surface area contributed by atoms with E-state index in [1.807, 2.05) is 18.4 Å². The van der Waals surface area contributed by atoms with Crippen molar-refractivity contribution in [3.05, 3.63) is 29.8 Å². The Morgan fingerprint density at radius 3 is 2.64 bits per heavy atom. The molecule has 1 rings (SSSR count). The number of terminal acetylenes is 1. The van der Waals surface area contributed by atoms with E-state index in [0.717, 1.165) is 4.90 Å². The first kappa shape index (κ1) is 10.7. The van der Waals surface area contributed by atoms with Gasteiger partial charge in [-0.3, -0.25) is 4.79 Å². The fraction of sp³-hybridized carbons (Fsp3) is 0.182. The summed E-state index contributed by atoms with van der Waals surface area (Å²) in [6, 6.07) is 7.40. The Morgan fingerprint density at radius 2 is 2.14 bits per heavy atom. The summed E-state index contributed by atoms with van der Waals surface area (Å²) >= 11 is 1.64. The average Bonchev–Trinajstić information content (AvgIpc) is 2.26. The maximum absolute atomic E-state index is 11.4. The van der Waals surface area contributed by atoms with E-state index in [-0.39, 0.29) is 12.5 Å². The smallest absolute Gasteiger partial charge is 0.252 e. The largest absolute Gasteiger partial charge is 0.341 e. The SMILES string of the molecule is C#CCNC(=O)c1ccc(SC)cc1. The van der Waals surface area contributed by atoms with E-state index in [1.165, 1.54) is 0 Å². The van der Waals surface area contributed by atoms with Crippen LogP contribution < -0.4 is 5.32 Å². The molecular weight excluding hydrogens is 194 g/mol. The van der Waals surface area contributed by atoms with Crippen molar-refractivity contribution < 1.29 is 4.79 Å². The van der Waals surface area contributed by atoms with Crippen molar-refractivity contribution in [3.8, 4) is 12.3 Å². The van der Waals surface area contributed by atoms with Crippen LogP contribution in [0.5, 0.6) is 0 Å². The molecule has 0 radical (unpaired) electrons. The fourth-order valence-electron chi connectivity index (χ4n) is 0.976. The maximum atomic E-state index is 11.4. The van der Waals surface area contributed by atoms with Gasteiger partial charge in [0.2, 0.25) is 0 Å². The highest BCUT2D eigenvalue weighted by molar-refractivity contribution is 7.98. The number of hydrogen-bond donors (Lipinski definition) is 1. The predicted molar refractivity (Wildman–Crippen MR) is 59.4 cm³/mol.